The zero-order valence-corrected chi connectivity index (χ0v) is 9.89. The molecule has 3 aromatic rings. The smallest absolute Gasteiger partial charge is 0.0873 e. The van der Waals surface area contributed by atoms with Crippen molar-refractivity contribution in [1.29, 1.82) is 0 Å². The highest BCUT2D eigenvalue weighted by molar-refractivity contribution is 7.13. The number of aliphatic hydroxyl groups is 1. The molecule has 86 valence electrons. The lowest BCUT2D eigenvalue weighted by molar-refractivity contribution is 0.271. The molecule has 3 heterocycles. The molecule has 0 aliphatic rings. The minimum atomic E-state index is 0.0833. The molecule has 0 amide bonds. The van der Waals surface area contributed by atoms with Gasteiger partial charge in [0.1, 0.15) is 0 Å². The lowest BCUT2D eigenvalue weighted by Crippen LogP contribution is -2.03. The van der Waals surface area contributed by atoms with Crippen molar-refractivity contribution in [2.75, 3.05) is 6.61 Å². The van der Waals surface area contributed by atoms with Gasteiger partial charge in [0.05, 0.1) is 31.1 Å². The third-order valence-corrected chi connectivity index (χ3v) is 3.57. The van der Waals surface area contributed by atoms with Crippen LogP contribution in [0.4, 0.5) is 0 Å². The van der Waals surface area contributed by atoms with Gasteiger partial charge in [-0.05, 0) is 11.4 Å². The van der Waals surface area contributed by atoms with Crippen LogP contribution in [-0.4, -0.2) is 26.5 Å². The van der Waals surface area contributed by atoms with Crippen molar-refractivity contribution >= 4 is 22.2 Å². The van der Waals surface area contributed by atoms with E-state index in [-0.39, 0.29) is 6.61 Å². The lowest BCUT2D eigenvalue weighted by atomic mass is 10.1. The van der Waals surface area contributed by atoms with Crippen molar-refractivity contribution in [2.45, 2.75) is 6.54 Å². The molecule has 17 heavy (non-hydrogen) atoms. The second-order valence-corrected chi connectivity index (χ2v) is 4.64. The minimum Gasteiger partial charge on any atom is -0.394 e. The molecule has 0 aliphatic carbocycles. The fourth-order valence-corrected chi connectivity index (χ4v) is 2.64. The number of pyridine rings is 1. The Bertz CT molecular complexity index is 630. The lowest BCUT2D eigenvalue weighted by Gasteiger charge is -2.02. The Morgan fingerprint density at radius 3 is 3.00 bits per heavy atom. The molecule has 0 saturated heterocycles. The van der Waals surface area contributed by atoms with Crippen molar-refractivity contribution in [1.82, 2.24) is 14.8 Å². The van der Waals surface area contributed by atoms with Crippen LogP contribution in [0.25, 0.3) is 21.3 Å². The summed E-state index contributed by atoms with van der Waals surface area (Å²) in [5.41, 5.74) is 2.06. The van der Waals surface area contributed by atoms with Gasteiger partial charge in [-0.25, -0.2) is 0 Å². The summed E-state index contributed by atoms with van der Waals surface area (Å²) >= 11 is 1.69. The van der Waals surface area contributed by atoms with Gasteiger partial charge < -0.3 is 5.11 Å². The number of fused-ring (bicyclic) bond motifs is 1. The van der Waals surface area contributed by atoms with E-state index in [1.54, 1.807) is 22.2 Å². The van der Waals surface area contributed by atoms with Crippen LogP contribution in [0, 0.1) is 0 Å². The average Bonchev–Trinajstić information content (AvgIpc) is 2.98. The maximum atomic E-state index is 8.97. The molecule has 0 aromatic carbocycles. The van der Waals surface area contributed by atoms with Crippen LogP contribution in [-0.2, 0) is 6.54 Å². The minimum absolute atomic E-state index is 0.0833. The summed E-state index contributed by atoms with van der Waals surface area (Å²) in [7, 11) is 0. The molecule has 0 bridgehead atoms. The predicted octanol–water partition coefficient (Wildman–Crippen LogP) is 2.15. The van der Waals surface area contributed by atoms with Crippen molar-refractivity contribution in [3.05, 3.63) is 36.1 Å². The maximum absolute atomic E-state index is 8.97. The summed E-state index contributed by atoms with van der Waals surface area (Å²) in [6.45, 7) is 0.582. The van der Waals surface area contributed by atoms with Gasteiger partial charge in [-0.2, -0.15) is 5.10 Å². The number of thiophene rings is 1. The maximum Gasteiger partial charge on any atom is 0.0873 e. The summed E-state index contributed by atoms with van der Waals surface area (Å²) in [6.07, 6.45) is 5.48. The molecule has 1 N–H and O–H groups in total. The van der Waals surface area contributed by atoms with E-state index >= 15 is 0 Å². The normalized spacial score (nSPS) is 11.1. The van der Waals surface area contributed by atoms with Gasteiger partial charge in [0.15, 0.2) is 0 Å². The molecule has 0 fully saturated rings. The van der Waals surface area contributed by atoms with Crippen LogP contribution >= 0.6 is 11.3 Å². The Balaban J connectivity index is 2.21. The molecule has 0 spiro atoms. The van der Waals surface area contributed by atoms with Gasteiger partial charge in [-0.1, -0.05) is 6.07 Å². The van der Waals surface area contributed by atoms with Gasteiger partial charge in [0, 0.05) is 22.0 Å². The van der Waals surface area contributed by atoms with Crippen LogP contribution in [0.3, 0.4) is 0 Å². The van der Waals surface area contributed by atoms with Crippen LogP contribution < -0.4 is 0 Å². The Kier molecular flexibility index (Phi) is 2.62. The van der Waals surface area contributed by atoms with Crippen LogP contribution in [0.2, 0.25) is 0 Å². The van der Waals surface area contributed by atoms with E-state index in [4.69, 9.17) is 5.11 Å². The average molecular weight is 245 g/mol. The van der Waals surface area contributed by atoms with Gasteiger partial charge in [-0.3, -0.25) is 9.67 Å². The van der Waals surface area contributed by atoms with Gasteiger partial charge in [0.2, 0.25) is 0 Å². The molecule has 3 aromatic heterocycles. The van der Waals surface area contributed by atoms with Crippen LogP contribution in [0.15, 0.2) is 36.1 Å². The molecule has 4 nitrogen and oxygen atoms in total. The number of aromatic nitrogens is 3. The number of aliphatic hydroxyl groups excluding tert-OH is 1. The molecule has 0 unspecified atom stereocenters. The molecule has 3 rings (SSSR count). The highest BCUT2D eigenvalue weighted by atomic mass is 32.1. The third kappa shape index (κ3) is 1.73. The first-order valence-electron chi connectivity index (χ1n) is 5.34. The summed E-state index contributed by atoms with van der Waals surface area (Å²) in [5.74, 6) is 0. The quantitative estimate of drug-likeness (QED) is 0.769. The largest absolute Gasteiger partial charge is 0.394 e. The Morgan fingerprint density at radius 2 is 2.24 bits per heavy atom. The number of nitrogens with zero attached hydrogens (tertiary/aromatic N) is 3. The summed E-state index contributed by atoms with van der Waals surface area (Å²) in [4.78, 5) is 5.43. The topological polar surface area (TPSA) is 50.9 Å². The van der Waals surface area contributed by atoms with Crippen molar-refractivity contribution in [2.24, 2.45) is 0 Å². The van der Waals surface area contributed by atoms with E-state index in [1.165, 1.54) is 4.88 Å². The number of rotatable bonds is 3. The van der Waals surface area contributed by atoms with Crippen molar-refractivity contribution < 1.29 is 5.11 Å². The zero-order chi connectivity index (χ0) is 11.7. The highest BCUT2D eigenvalue weighted by Gasteiger charge is 2.09. The Labute approximate surface area is 102 Å². The van der Waals surface area contributed by atoms with Crippen molar-refractivity contribution in [3.8, 4) is 10.4 Å². The van der Waals surface area contributed by atoms with Gasteiger partial charge in [-0.15, -0.1) is 11.3 Å². The van der Waals surface area contributed by atoms with E-state index in [9.17, 15) is 0 Å². The third-order valence-electron chi connectivity index (χ3n) is 2.67. The summed E-state index contributed by atoms with van der Waals surface area (Å²) < 4.78 is 1.78. The fourth-order valence-electron chi connectivity index (χ4n) is 1.89. The molecule has 0 aliphatic heterocycles. The van der Waals surface area contributed by atoms with Crippen LogP contribution in [0.1, 0.15) is 0 Å². The Hall–Kier alpha value is -1.72. The van der Waals surface area contributed by atoms with E-state index in [0.717, 1.165) is 16.5 Å². The monoisotopic (exact) mass is 245 g/mol. The molecule has 0 saturated carbocycles. The molecule has 0 atom stereocenters. The number of hydrogen-bond donors (Lipinski definition) is 1. The fraction of sp³-hybridized carbons (Fsp3) is 0.167. The van der Waals surface area contributed by atoms with Gasteiger partial charge in [0.25, 0.3) is 0 Å². The van der Waals surface area contributed by atoms with Crippen molar-refractivity contribution in [3.63, 3.8) is 0 Å². The van der Waals surface area contributed by atoms with E-state index in [0.29, 0.717) is 6.54 Å². The first-order chi connectivity index (χ1) is 8.40. The highest BCUT2D eigenvalue weighted by Crippen LogP contribution is 2.30. The molecular formula is C12H11N3OS. The molecule has 5 heteroatoms. The standard InChI is InChI=1S/C12H11N3OS/c16-4-3-15-11-8-13-6-10(9(11)7-14-15)12-2-1-5-17-12/h1-2,5-8,16H,3-4H2. The second kappa shape index (κ2) is 4.27. The van der Waals surface area contributed by atoms with E-state index in [1.807, 2.05) is 23.8 Å². The first kappa shape index (κ1) is 10.4. The van der Waals surface area contributed by atoms with E-state index in [2.05, 4.69) is 16.1 Å². The molecular weight excluding hydrogens is 234 g/mol. The van der Waals surface area contributed by atoms with Gasteiger partial charge >= 0.3 is 0 Å². The SMILES string of the molecule is OCCn1ncc2c(-c3cccs3)cncc21. The Morgan fingerprint density at radius 1 is 1.29 bits per heavy atom. The molecule has 0 radical (unpaired) electrons. The van der Waals surface area contributed by atoms with E-state index < -0.39 is 0 Å². The number of hydrogen-bond acceptors (Lipinski definition) is 4. The zero-order valence-electron chi connectivity index (χ0n) is 9.08. The summed E-state index contributed by atoms with van der Waals surface area (Å²) in [5, 5.41) is 16.4. The second-order valence-electron chi connectivity index (χ2n) is 3.69. The first-order valence-corrected chi connectivity index (χ1v) is 6.22. The summed E-state index contributed by atoms with van der Waals surface area (Å²) in [6, 6.07) is 4.10. The van der Waals surface area contributed by atoms with Crippen LogP contribution in [0.5, 0.6) is 0 Å². The predicted molar refractivity (Wildman–Crippen MR) is 67.9 cm³/mol.